The molecule has 2 heterocycles. The molecule has 1 fully saturated rings. The Morgan fingerprint density at radius 2 is 1.92 bits per heavy atom. The third-order valence-corrected chi connectivity index (χ3v) is 4.43. The molecule has 5 nitrogen and oxygen atoms in total. The molecule has 3 rings (SSSR count). The van der Waals surface area contributed by atoms with E-state index in [0.29, 0.717) is 6.42 Å². The Hall–Kier alpha value is -2.56. The van der Waals surface area contributed by atoms with E-state index in [1.54, 1.807) is 6.92 Å². The second-order valence-electron chi connectivity index (χ2n) is 6.63. The van der Waals surface area contributed by atoms with Crippen molar-refractivity contribution in [1.82, 2.24) is 15.6 Å². The first-order valence-electron chi connectivity index (χ1n) is 8.27. The summed E-state index contributed by atoms with van der Waals surface area (Å²) in [6, 6.07) is 5.22. The molecule has 0 unspecified atom stereocenters. The average molecular weight is 325 g/mol. The number of para-hydroxylation sites is 1. The summed E-state index contributed by atoms with van der Waals surface area (Å²) in [6.45, 7) is 5.86. The molecular weight excluding hydrogens is 302 g/mol. The number of carbonyl (C=O) groups is 2. The predicted molar refractivity (Wildman–Crippen MR) is 94.7 cm³/mol. The van der Waals surface area contributed by atoms with Gasteiger partial charge in [0.25, 0.3) is 0 Å². The number of H-pyrrole nitrogens is 1. The molecule has 3 N–H and O–H groups in total. The second kappa shape index (κ2) is 6.51. The summed E-state index contributed by atoms with van der Waals surface area (Å²) in [5.41, 5.74) is 4.65. The zero-order chi connectivity index (χ0) is 17.3. The molecule has 1 aromatic carbocycles. The summed E-state index contributed by atoms with van der Waals surface area (Å²) in [4.78, 5) is 27.2. The van der Waals surface area contributed by atoms with Gasteiger partial charge in [0.15, 0.2) is 0 Å². The molecular formula is C19H23N3O2. The SMILES string of the molecule is CC(C)=CCc1cccc2c(C[C@@H]3NC(=O)[C@H](C)NC3=O)c[nH]c12. The highest BCUT2D eigenvalue weighted by atomic mass is 16.2. The summed E-state index contributed by atoms with van der Waals surface area (Å²) in [7, 11) is 0. The number of hydrogen-bond acceptors (Lipinski definition) is 2. The number of aromatic amines is 1. The van der Waals surface area contributed by atoms with E-state index in [1.807, 2.05) is 12.3 Å². The molecule has 0 bridgehead atoms. The van der Waals surface area contributed by atoms with Crippen LogP contribution in [0.4, 0.5) is 0 Å². The van der Waals surface area contributed by atoms with Crippen molar-refractivity contribution >= 4 is 22.7 Å². The van der Waals surface area contributed by atoms with Crippen LogP contribution in [0.1, 0.15) is 31.9 Å². The maximum absolute atomic E-state index is 12.1. The Morgan fingerprint density at radius 3 is 2.67 bits per heavy atom. The Kier molecular flexibility index (Phi) is 4.42. The molecule has 0 saturated carbocycles. The van der Waals surface area contributed by atoms with Crippen molar-refractivity contribution in [2.24, 2.45) is 0 Å². The van der Waals surface area contributed by atoms with Gasteiger partial charge in [-0.25, -0.2) is 0 Å². The van der Waals surface area contributed by atoms with E-state index in [9.17, 15) is 9.59 Å². The van der Waals surface area contributed by atoms with Gasteiger partial charge >= 0.3 is 0 Å². The fourth-order valence-electron chi connectivity index (χ4n) is 3.03. The van der Waals surface area contributed by atoms with Gasteiger partial charge in [-0.15, -0.1) is 0 Å². The van der Waals surface area contributed by atoms with Crippen LogP contribution in [0.25, 0.3) is 10.9 Å². The van der Waals surface area contributed by atoms with E-state index in [2.05, 4.69) is 47.7 Å². The van der Waals surface area contributed by atoms with Crippen LogP contribution >= 0.6 is 0 Å². The monoisotopic (exact) mass is 325 g/mol. The third-order valence-electron chi connectivity index (χ3n) is 4.43. The van der Waals surface area contributed by atoms with Crippen LogP contribution in [0, 0.1) is 0 Å². The summed E-state index contributed by atoms with van der Waals surface area (Å²) in [6.07, 6.45) is 5.49. The maximum atomic E-state index is 12.1. The molecule has 0 aliphatic carbocycles. The fraction of sp³-hybridized carbons (Fsp3) is 0.368. The first kappa shape index (κ1) is 16.3. The Labute approximate surface area is 141 Å². The van der Waals surface area contributed by atoms with Gasteiger partial charge in [0.1, 0.15) is 12.1 Å². The topological polar surface area (TPSA) is 74.0 Å². The lowest BCUT2D eigenvalue weighted by Crippen LogP contribution is -2.61. The van der Waals surface area contributed by atoms with Crippen molar-refractivity contribution in [3.8, 4) is 0 Å². The largest absolute Gasteiger partial charge is 0.361 e. The molecule has 1 aliphatic rings. The number of rotatable bonds is 4. The Balaban J connectivity index is 1.86. The molecule has 0 radical (unpaired) electrons. The van der Waals surface area contributed by atoms with Crippen LogP contribution in [-0.2, 0) is 22.4 Å². The van der Waals surface area contributed by atoms with Crippen LogP contribution < -0.4 is 10.6 Å². The molecule has 2 atom stereocenters. The van der Waals surface area contributed by atoms with Crippen molar-refractivity contribution in [1.29, 1.82) is 0 Å². The minimum Gasteiger partial charge on any atom is -0.361 e. The summed E-state index contributed by atoms with van der Waals surface area (Å²) in [5, 5.41) is 6.62. The van der Waals surface area contributed by atoms with Crippen molar-refractivity contribution in [3.63, 3.8) is 0 Å². The zero-order valence-corrected chi connectivity index (χ0v) is 14.3. The predicted octanol–water partition coefficient (Wildman–Crippen LogP) is 2.22. The normalized spacial score (nSPS) is 20.6. The quantitative estimate of drug-likeness (QED) is 0.754. The standard InChI is InChI=1S/C19H23N3O2/c1-11(2)7-8-13-5-4-6-15-14(10-20-17(13)15)9-16-19(24)21-12(3)18(23)22-16/h4-7,10,12,16,20H,8-9H2,1-3H3,(H,21,24)(H,22,23)/t12-,16-/m0/s1. The van der Waals surface area contributed by atoms with Gasteiger partial charge in [-0.2, -0.15) is 0 Å². The van der Waals surface area contributed by atoms with Crippen LogP contribution in [0.5, 0.6) is 0 Å². The van der Waals surface area contributed by atoms with Crippen LogP contribution in [0.15, 0.2) is 36.0 Å². The third kappa shape index (κ3) is 3.20. The fourth-order valence-corrected chi connectivity index (χ4v) is 3.03. The van der Waals surface area contributed by atoms with E-state index < -0.39 is 12.1 Å². The number of fused-ring (bicyclic) bond motifs is 1. The van der Waals surface area contributed by atoms with E-state index in [0.717, 1.165) is 22.9 Å². The number of carbonyl (C=O) groups excluding carboxylic acids is 2. The van der Waals surface area contributed by atoms with Gasteiger partial charge in [-0.1, -0.05) is 29.8 Å². The first-order chi connectivity index (χ1) is 11.5. The van der Waals surface area contributed by atoms with E-state index in [-0.39, 0.29) is 11.8 Å². The van der Waals surface area contributed by atoms with Crippen molar-refractivity contribution in [2.45, 2.75) is 45.7 Å². The maximum Gasteiger partial charge on any atom is 0.243 e. The van der Waals surface area contributed by atoms with E-state index in [1.165, 1.54) is 11.1 Å². The number of benzene rings is 1. The first-order valence-corrected chi connectivity index (χ1v) is 8.27. The highest BCUT2D eigenvalue weighted by Crippen LogP contribution is 2.24. The zero-order valence-electron chi connectivity index (χ0n) is 14.3. The van der Waals surface area contributed by atoms with Crippen LogP contribution in [0.3, 0.4) is 0 Å². The summed E-state index contributed by atoms with van der Waals surface area (Å²) in [5.74, 6) is -0.263. The second-order valence-corrected chi connectivity index (χ2v) is 6.63. The van der Waals surface area contributed by atoms with Gasteiger partial charge in [-0.05, 0) is 38.3 Å². The molecule has 5 heteroatoms. The minimum absolute atomic E-state index is 0.128. The Bertz CT molecular complexity index is 815. The Morgan fingerprint density at radius 1 is 1.12 bits per heavy atom. The molecule has 2 amide bonds. The number of nitrogens with one attached hydrogen (secondary N) is 3. The lowest BCUT2D eigenvalue weighted by molar-refractivity contribution is -0.136. The molecule has 1 saturated heterocycles. The van der Waals surface area contributed by atoms with E-state index >= 15 is 0 Å². The van der Waals surface area contributed by atoms with Gasteiger partial charge in [0.2, 0.25) is 11.8 Å². The lowest BCUT2D eigenvalue weighted by Gasteiger charge is -2.27. The number of amides is 2. The molecule has 1 aliphatic heterocycles. The van der Waals surface area contributed by atoms with Gasteiger partial charge in [-0.3, -0.25) is 9.59 Å². The van der Waals surface area contributed by atoms with Crippen molar-refractivity contribution in [2.75, 3.05) is 0 Å². The summed E-state index contributed by atoms with van der Waals surface area (Å²) < 4.78 is 0. The molecule has 24 heavy (non-hydrogen) atoms. The number of hydrogen-bond donors (Lipinski definition) is 3. The minimum atomic E-state index is -0.519. The smallest absolute Gasteiger partial charge is 0.243 e. The average Bonchev–Trinajstić information content (AvgIpc) is 2.94. The van der Waals surface area contributed by atoms with Gasteiger partial charge in [0.05, 0.1) is 0 Å². The molecule has 0 spiro atoms. The highest BCUT2D eigenvalue weighted by Gasteiger charge is 2.31. The van der Waals surface area contributed by atoms with Crippen LogP contribution in [0.2, 0.25) is 0 Å². The van der Waals surface area contributed by atoms with Crippen LogP contribution in [-0.4, -0.2) is 28.9 Å². The number of piperazine rings is 1. The van der Waals surface area contributed by atoms with Gasteiger partial charge < -0.3 is 15.6 Å². The van der Waals surface area contributed by atoms with Crippen molar-refractivity contribution < 1.29 is 9.59 Å². The molecule has 126 valence electrons. The molecule has 1 aromatic heterocycles. The van der Waals surface area contributed by atoms with Gasteiger partial charge in [0, 0.05) is 23.5 Å². The molecule has 2 aromatic rings. The highest BCUT2D eigenvalue weighted by molar-refractivity contribution is 5.97. The number of aromatic nitrogens is 1. The summed E-state index contributed by atoms with van der Waals surface area (Å²) >= 11 is 0. The van der Waals surface area contributed by atoms with E-state index in [4.69, 9.17) is 0 Å². The van der Waals surface area contributed by atoms with Crippen molar-refractivity contribution in [3.05, 3.63) is 47.2 Å². The number of allylic oxidation sites excluding steroid dienone is 2. The lowest BCUT2D eigenvalue weighted by atomic mass is 10.00.